The zero-order chi connectivity index (χ0) is 43.0. The highest BCUT2D eigenvalue weighted by atomic mass is 31.2. The molecule has 2 unspecified atom stereocenters. The summed E-state index contributed by atoms with van der Waals surface area (Å²) in [6.07, 6.45) is 3.03. The van der Waals surface area contributed by atoms with Crippen LogP contribution in [0.4, 0.5) is 4.79 Å². The average molecular weight is 842 g/mol. The Balaban J connectivity index is 1.35. The van der Waals surface area contributed by atoms with Gasteiger partial charge in [-0.2, -0.15) is 0 Å². The van der Waals surface area contributed by atoms with Crippen molar-refractivity contribution in [3.05, 3.63) is 84.9 Å². The minimum Gasteiger partial charge on any atom is -0.497 e. The van der Waals surface area contributed by atoms with Crippen LogP contribution in [0.5, 0.6) is 17.2 Å². The lowest BCUT2D eigenvalue weighted by Gasteiger charge is -2.36. The van der Waals surface area contributed by atoms with Crippen molar-refractivity contribution >= 4 is 36.3 Å². The SMILES string of the molecule is CCCC(NC(=O)[C@@H]1C[C@@H](Oc2cc(-c3ccccc3)nc3cc(OC)ccc23)CN1C(=O)[C@@H](NC(=O)OC1CCCC1)C(C)(C)C)P(=O)(NC(C)C)Oc1ccccc1. The van der Waals surface area contributed by atoms with Crippen LogP contribution in [0.1, 0.15) is 86.5 Å². The molecule has 5 atom stereocenters. The van der Waals surface area contributed by atoms with Crippen LogP contribution in [0.15, 0.2) is 84.9 Å². The standard InChI is InChI=1S/C46H60N5O8P/c1-8-17-41(60(55,50-30(2)3)59-33-22-13-10-14-23-33)48-43(52)39-27-35(29-51(39)44(53)42(46(4,5)6)49-45(54)58-32-20-15-16-21-32)57-40-28-37(31-18-11-9-12-19-31)47-38-26-34(56-7)24-25-36(38)40/h9-14,18-19,22-26,28,30,32,35,39,41-42H,8,15-17,20-21,27,29H2,1-7H3,(H,48,52)(H,49,54)(H,50,55)/t35-,39+,41?,42-,60?/m1/s1. The molecule has 4 aromatic rings. The Labute approximate surface area is 353 Å². The van der Waals surface area contributed by atoms with E-state index in [-0.39, 0.29) is 25.1 Å². The monoisotopic (exact) mass is 841 g/mol. The number of aromatic nitrogens is 1. The third-order valence-electron chi connectivity index (χ3n) is 10.8. The van der Waals surface area contributed by atoms with E-state index < -0.39 is 54.8 Å². The number of hydrogen-bond donors (Lipinski definition) is 3. The number of pyridine rings is 1. The predicted octanol–water partition coefficient (Wildman–Crippen LogP) is 8.85. The first-order chi connectivity index (χ1) is 28.7. The van der Waals surface area contributed by atoms with Crippen LogP contribution in [-0.2, 0) is 18.9 Å². The quantitative estimate of drug-likeness (QED) is 0.0932. The van der Waals surface area contributed by atoms with Crippen LogP contribution < -0.4 is 29.7 Å². The van der Waals surface area contributed by atoms with Crippen LogP contribution in [0.2, 0.25) is 0 Å². The third-order valence-corrected chi connectivity index (χ3v) is 13.4. The molecule has 2 aliphatic rings. The largest absolute Gasteiger partial charge is 0.497 e. The highest BCUT2D eigenvalue weighted by Crippen LogP contribution is 2.49. The first-order valence-electron chi connectivity index (χ1n) is 21.1. The Bertz CT molecular complexity index is 2140. The van der Waals surface area contributed by atoms with Gasteiger partial charge in [0.25, 0.3) is 0 Å². The van der Waals surface area contributed by atoms with E-state index in [1.807, 2.05) is 102 Å². The number of nitrogens with one attached hydrogen (secondary N) is 3. The Morgan fingerprint density at radius 2 is 1.58 bits per heavy atom. The molecule has 13 nitrogen and oxygen atoms in total. The molecule has 14 heteroatoms. The number of rotatable bonds is 16. The van der Waals surface area contributed by atoms with E-state index in [0.717, 1.165) is 36.6 Å². The molecule has 1 saturated carbocycles. The summed E-state index contributed by atoms with van der Waals surface area (Å²) in [5.41, 5.74) is 1.45. The van der Waals surface area contributed by atoms with Gasteiger partial charge >= 0.3 is 13.6 Å². The van der Waals surface area contributed by atoms with Crippen molar-refractivity contribution in [3.63, 3.8) is 0 Å². The van der Waals surface area contributed by atoms with Crippen molar-refractivity contribution in [3.8, 4) is 28.5 Å². The molecule has 1 aliphatic heterocycles. The first kappa shape index (κ1) is 44.4. The summed E-state index contributed by atoms with van der Waals surface area (Å²) in [6.45, 7) is 11.3. The van der Waals surface area contributed by atoms with E-state index in [9.17, 15) is 18.9 Å². The van der Waals surface area contributed by atoms with Gasteiger partial charge in [-0.05, 0) is 75.6 Å². The number of amides is 3. The zero-order valence-corrected chi connectivity index (χ0v) is 36.7. The van der Waals surface area contributed by atoms with Crippen LogP contribution in [0.25, 0.3) is 22.2 Å². The molecule has 3 N–H and O–H groups in total. The third kappa shape index (κ3) is 11.0. The highest BCUT2D eigenvalue weighted by Gasteiger charge is 2.48. The molecule has 0 bridgehead atoms. The number of likely N-dealkylation sites (tertiary alicyclic amines) is 1. The van der Waals surface area contributed by atoms with E-state index >= 15 is 0 Å². The Morgan fingerprint density at radius 1 is 0.900 bits per heavy atom. The number of hydrogen-bond acceptors (Lipinski definition) is 9. The molecule has 1 saturated heterocycles. The Morgan fingerprint density at radius 3 is 2.22 bits per heavy atom. The normalized spacial score (nSPS) is 19.0. The summed E-state index contributed by atoms with van der Waals surface area (Å²) in [7, 11) is -2.19. The second kappa shape index (κ2) is 19.5. The summed E-state index contributed by atoms with van der Waals surface area (Å²) < 4.78 is 39.1. The number of nitrogens with zero attached hydrogens (tertiary/aromatic N) is 2. The van der Waals surface area contributed by atoms with Crippen LogP contribution in [0, 0.1) is 5.41 Å². The van der Waals surface area contributed by atoms with Crippen molar-refractivity contribution < 1.29 is 37.7 Å². The van der Waals surface area contributed by atoms with Gasteiger partial charge in [0, 0.05) is 35.5 Å². The predicted molar refractivity (Wildman–Crippen MR) is 233 cm³/mol. The number of alkyl carbamates (subject to hydrolysis) is 1. The lowest BCUT2D eigenvalue weighted by atomic mass is 9.85. The van der Waals surface area contributed by atoms with Gasteiger partial charge in [-0.25, -0.2) is 14.9 Å². The van der Waals surface area contributed by atoms with Crippen LogP contribution in [-0.4, -0.2) is 77.6 Å². The van der Waals surface area contributed by atoms with E-state index in [1.54, 1.807) is 31.4 Å². The summed E-state index contributed by atoms with van der Waals surface area (Å²) >= 11 is 0. The molecule has 3 aromatic carbocycles. The van der Waals surface area contributed by atoms with Crippen molar-refractivity contribution in [1.29, 1.82) is 0 Å². The molecular formula is C46H60N5O8P. The van der Waals surface area contributed by atoms with Crippen LogP contribution in [0.3, 0.4) is 0 Å². The fourth-order valence-electron chi connectivity index (χ4n) is 7.87. The van der Waals surface area contributed by atoms with E-state index in [1.165, 1.54) is 4.90 Å². The minimum atomic E-state index is -3.79. The molecule has 2 fully saturated rings. The van der Waals surface area contributed by atoms with Crippen molar-refractivity contribution in [2.45, 2.75) is 123 Å². The maximum atomic E-state index is 14.9. The van der Waals surface area contributed by atoms with Crippen LogP contribution >= 0.6 is 7.52 Å². The minimum absolute atomic E-state index is 0.0321. The van der Waals surface area contributed by atoms with Gasteiger partial charge in [0.2, 0.25) is 11.8 Å². The summed E-state index contributed by atoms with van der Waals surface area (Å²) in [5, 5.41) is 9.78. The Hall–Kier alpha value is -5.13. The molecule has 1 aliphatic carbocycles. The van der Waals surface area contributed by atoms with Gasteiger partial charge in [-0.1, -0.05) is 82.6 Å². The highest BCUT2D eigenvalue weighted by molar-refractivity contribution is 7.58. The van der Waals surface area contributed by atoms with Crippen molar-refractivity contribution in [2.75, 3.05) is 13.7 Å². The number of benzene rings is 3. The van der Waals surface area contributed by atoms with Crippen molar-refractivity contribution in [1.82, 2.24) is 25.6 Å². The molecule has 0 spiro atoms. The topological polar surface area (TPSA) is 157 Å². The lowest BCUT2D eigenvalue weighted by molar-refractivity contribution is -0.142. The van der Waals surface area contributed by atoms with Gasteiger partial charge in [0.1, 0.15) is 47.3 Å². The van der Waals surface area contributed by atoms with Gasteiger partial charge in [0.05, 0.1) is 24.9 Å². The molecule has 2 heterocycles. The fourth-order valence-corrected chi connectivity index (χ4v) is 10.3. The second-order valence-electron chi connectivity index (χ2n) is 17.1. The molecule has 60 heavy (non-hydrogen) atoms. The van der Waals surface area contributed by atoms with E-state index in [0.29, 0.717) is 41.3 Å². The molecule has 322 valence electrons. The second-order valence-corrected chi connectivity index (χ2v) is 19.3. The average Bonchev–Trinajstić information content (AvgIpc) is 3.89. The van der Waals surface area contributed by atoms with E-state index in [4.69, 9.17) is 23.7 Å². The van der Waals surface area contributed by atoms with Gasteiger partial charge in [0.15, 0.2) is 0 Å². The van der Waals surface area contributed by atoms with Gasteiger partial charge in [-0.3, -0.25) is 14.2 Å². The van der Waals surface area contributed by atoms with Crippen molar-refractivity contribution in [2.24, 2.45) is 5.41 Å². The molecule has 6 rings (SSSR count). The fraction of sp³-hybridized carbons (Fsp3) is 0.478. The van der Waals surface area contributed by atoms with E-state index in [2.05, 4.69) is 15.7 Å². The maximum absolute atomic E-state index is 14.9. The number of carbonyl (C=O) groups is 3. The number of methoxy groups -OCH3 is 1. The molecule has 3 amide bonds. The number of para-hydroxylation sites is 1. The zero-order valence-electron chi connectivity index (χ0n) is 35.8. The molecule has 0 radical (unpaired) electrons. The number of carbonyl (C=O) groups excluding carboxylic acids is 3. The molecule has 1 aromatic heterocycles. The number of fused-ring (bicyclic) bond motifs is 1. The number of ether oxygens (including phenoxy) is 3. The van der Waals surface area contributed by atoms with Gasteiger partial charge < -0.3 is 34.3 Å². The summed E-state index contributed by atoms with van der Waals surface area (Å²) in [4.78, 5) is 49.4. The summed E-state index contributed by atoms with van der Waals surface area (Å²) in [6, 6.07) is 23.7. The van der Waals surface area contributed by atoms with Gasteiger partial charge in [-0.15, -0.1) is 0 Å². The first-order valence-corrected chi connectivity index (χ1v) is 22.8. The molecular weight excluding hydrogens is 782 g/mol. The maximum Gasteiger partial charge on any atom is 0.408 e. The summed E-state index contributed by atoms with van der Waals surface area (Å²) in [5.74, 6) is -0.337. The smallest absolute Gasteiger partial charge is 0.408 e. The lowest BCUT2D eigenvalue weighted by Crippen LogP contribution is -2.58. The Kier molecular flexibility index (Phi) is 14.4.